The Labute approximate surface area is 186 Å². The fourth-order valence-corrected chi connectivity index (χ4v) is 5.14. The van der Waals surface area contributed by atoms with Gasteiger partial charge in [0.25, 0.3) is 0 Å². The molecule has 0 heterocycles. The lowest BCUT2D eigenvalue weighted by atomic mass is 10.2. The number of carbonyl (C=O) groups is 1. The third-order valence-corrected chi connectivity index (χ3v) is 8.49. The van der Waals surface area contributed by atoms with Crippen molar-refractivity contribution in [1.29, 1.82) is 0 Å². The molecular weight excluding hydrogens is 473 g/mol. The summed E-state index contributed by atoms with van der Waals surface area (Å²) in [5, 5.41) is 2.80. The molecule has 0 radical (unpaired) electrons. The molecule has 0 aliphatic carbocycles. The zero-order valence-corrected chi connectivity index (χ0v) is 19.6. The Morgan fingerprint density at radius 2 is 1.53 bits per heavy atom. The number of likely N-dealkylation sites (N-methyl/N-ethyl adjacent to an activating group) is 1. The number of nitrogens with one attached hydrogen (secondary N) is 1. The highest BCUT2D eigenvalue weighted by molar-refractivity contribution is 7.89. The van der Waals surface area contributed by atoms with Crippen LogP contribution in [0.4, 0.5) is 0 Å². The first-order valence-corrected chi connectivity index (χ1v) is 12.2. The molecule has 0 atom stereocenters. The Balaban J connectivity index is 2.01. The van der Waals surface area contributed by atoms with Crippen molar-refractivity contribution in [3.05, 3.63) is 58.1 Å². The van der Waals surface area contributed by atoms with Crippen molar-refractivity contribution in [3.8, 4) is 0 Å². The van der Waals surface area contributed by atoms with Crippen LogP contribution in [0.1, 0.15) is 5.56 Å². The summed E-state index contributed by atoms with van der Waals surface area (Å²) in [5.74, 6) is -0.538. The summed E-state index contributed by atoms with van der Waals surface area (Å²) in [6, 6.07) is 10.1. The molecule has 0 saturated carbocycles. The van der Waals surface area contributed by atoms with Crippen LogP contribution in [-0.2, 0) is 31.4 Å². The first kappa shape index (κ1) is 24.6. The predicted molar refractivity (Wildman–Crippen MR) is 115 cm³/mol. The van der Waals surface area contributed by atoms with Crippen LogP contribution in [0.15, 0.2) is 52.3 Å². The van der Waals surface area contributed by atoms with Crippen LogP contribution in [0.3, 0.4) is 0 Å². The first-order chi connectivity index (χ1) is 13.9. The van der Waals surface area contributed by atoms with Crippen molar-refractivity contribution in [1.82, 2.24) is 13.9 Å². The number of carbonyl (C=O) groups excluding carboxylic acids is 1. The summed E-state index contributed by atoms with van der Waals surface area (Å²) in [6.07, 6.45) is 0. The number of rotatable bonds is 8. The molecule has 0 aliphatic rings. The molecule has 2 rings (SSSR count). The monoisotopic (exact) mass is 493 g/mol. The van der Waals surface area contributed by atoms with E-state index >= 15 is 0 Å². The number of sulfonamides is 2. The van der Waals surface area contributed by atoms with Gasteiger partial charge in [0.1, 0.15) is 4.90 Å². The molecule has 0 unspecified atom stereocenters. The Morgan fingerprint density at radius 1 is 0.933 bits per heavy atom. The lowest BCUT2D eigenvalue weighted by Crippen LogP contribution is -2.38. The molecule has 0 aliphatic heterocycles. The van der Waals surface area contributed by atoms with E-state index in [-0.39, 0.29) is 26.4 Å². The van der Waals surface area contributed by atoms with Crippen molar-refractivity contribution < 1.29 is 21.6 Å². The van der Waals surface area contributed by atoms with Gasteiger partial charge in [-0.25, -0.2) is 21.1 Å². The van der Waals surface area contributed by atoms with E-state index in [1.807, 2.05) is 0 Å². The zero-order chi connectivity index (χ0) is 22.7. The molecular formula is C18H21Cl2N3O5S2. The Hall–Kier alpha value is -1.69. The van der Waals surface area contributed by atoms with Gasteiger partial charge >= 0.3 is 0 Å². The normalized spacial score (nSPS) is 12.4. The van der Waals surface area contributed by atoms with Gasteiger partial charge in [-0.15, -0.1) is 0 Å². The minimum absolute atomic E-state index is 0.000533. The van der Waals surface area contributed by atoms with Gasteiger partial charge in [-0.05, 0) is 35.9 Å². The second-order valence-corrected chi connectivity index (χ2v) is 11.6. The van der Waals surface area contributed by atoms with Crippen molar-refractivity contribution in [3.63, 3.8) is 0 Å². The second-order valence-electron chi connectivity index (χ2n) is 6.54. The van der Waals surface area contributed by atoms with E-state index in [4.69, 9.17) is 23.2 Å². The first-order valence-electron chi connectivity index (χ1n) is 8.55. The minimum Gasteiger partial charge on any atom is -0.351 e. The fourth-order valence-electron chi connectivity index (χ4n) is 2.38. The lowest BCUT2D eigenvalue weighted by Gasteiger charge is -2.18. The molecule has 8 nitrogen and oxygen atoms in total. The highest BCUT2D eigenvalue weighted by Crippen LogP contribution is 2.27. The highest BCUT2D eigenvalue weighted by atomic mass is 35.5. The molecule has 0 aromatic heterocycles. The highest BCUT2D eigenvalue weighted by Gasteiger charge is 2.25. The molecule has 1 amide bonds. The third-order valence-electron chi connectivity index (χ3n) is 4.14. The van der Waals surface area contributed by atoms with E-state index < -0.39 is 32.5 Å². The van der Waals surface area contributed by atoms with Crippen molar-refractivity contribution in [2.24, 2.45) is 0 Å². The molecule has 0 fully saturated rings. The van der Waals surface area contributed by atoms with Gasteiger partial charge in [-0.2, -0.15) is 4.31 Å². The smallest absolute Gasteiger partial charge is 0.244 e. The maximum atomic E-state index is 12.6. The zero-order valence-electron chi connectivity index (χ0n) is 16.5. The number of nitrogens with zero attached hydrogens (tertiary/aromatic N) is 2. The maximum Gasteiger partial charge on any atom is 0.244 e. The van der Waals surface area contributed by atoms with Crippen LogP contribution < -0.4 is 5.32 Å². The Kier molecular flexibility index (Phi) is 7.89. The van der Waals surface area contributed by atoms with Crippen molar-refractivity contribution in [2.75, 3.05) is 27.7 Å². The predicted octanol–water partition coefficient (Wildman–Crippen LogP) is 2.18. The van der Waals surface area contributed by atoms with Crippen molar-refractivity contribution in [2.45, 2.75) is 16.3 Å². The van der Waals surface area contributed by atoms with Crippen molar-refractivity contribution >= 4 is 49.2 Å². The van der Waals surface area contributed by atoms with Gasteiger partial charge < -0.3 is 5.32 Å². The summed E-state index contributed by atoms with van der Waals surface area (Å²) in [6.45, 7) is -0.328. The van der Waals surface area contributed by atoms with Crippen LogP contribution in [0, 0.1) is 0 Å². The number of amides is 1. The summed E-state index contributed by atoms with van der Waals surface area (Å²) in [5.41, 5.74) is 0.657. The number of hydrogen-bond acceptors (Lipinski definition) is 5. The molecule has 2 aromatic carbocycles. The minimum atomic E-state index is -4.02. The molecule has 0 bridgehead atoms. The largest absolute Gasteiger partial charge is 0.351 e. The molecule has 1 N–H and O–H groups in total. The molecule has 164 valence electrons. The van der Waals surface area contributed by atoms with Crippen LogP contribution in [0.25, 0.3) is 0 Å². The quantitative estimate of drug-likeness (QED) is 0.606. The summed E-state index contributed by atoms with van der Waals surface area (Å²) < 4.78 is 51.4. The summed E-state index contributed by atoms with van der Waals surface area (Å²) in [4.78, 5) is 12.1. The summed E-state index contributed by atoms with van der Waals surface area (Å²) >= 11 is 11.8. The number of benzene rings is 2. The Bertz CT molecular complexity index is 1130. The van der Waals surface area contributed by atoms with E-state index in [0.717, 1.165) is 8.61 Å². The number of hydrogen-bond donors (Lipinski definition) is 1. The summed E-state index contributed by atoms with van der Waals surface area (Å²) in [7, 11) is -3.43. The standard InChI is InChI=1S/C18H21Cl2N3O5S2/c1-22(2)29(25,26)15-7-4-13(5-8-15)11-21-18(24)12-23(3)30(27,28)17-10-14(19)6-9-16(17)20/h4-10H,11-12H2,1-3H3,(H,21,24). The SMILES string of the molecule is CN(C)S(=O)(=O)c1ccc(CNC(=O)CN(C)S(=O)(=O)c2cc(Cl)ccc2Cl)cc1. The van der Waals surface area contributed by atoms with Crippen LogP contribution in [0.2, 0.25) is 10.0 Å². The van der Waals surface area contributed by atoms with E-state index in [1.165, 1.54) is 51.5 Å². The third kappa shape index (κ3) is 5.71. The lowest BCUT2D eigenvalue weighted by molar-refractivity contribution is -0.121. The fraction of sp³-hybridized carbons (Fsp3) is 0.278. The molecule has 12 heteroatoms. The van der Waals surface area contributed by atoms with E-state index in [1.54, 1.807) is 12.1 Å². The van der Waals surface area contributed by atoms with Gasteiger partial charge in [-0.3, -0.25) is 4.79 Å². The van der Waals surface area contributed by atoms with E-state index in [9.17, 15) is 21.6 Å². The molecule has 0 saturated heterocycles. The van der Waals surface area contributed by atoms with Gasteiger partial charge in [0.05, 0.1) is 16.5 Å². The van der Waals surface area contributed by atoms with Crippen LogP contribution in [-0.4, -0.2) is 59.0 Å². The van der Waals surface area contributed by atoms with Gasteiger partial charge in [0.15, 0.2) is 0 Å². The maximum absolute atomic E-state index is 12.6. The second kappa shape index (κ2) is 9.63. The average Bonchev–Trinajstić information content (AvgIpc) is 2.68. The van der Waals surface area contributed by atoms with Gasteiger partial charge in [0.2, 0.25) is 26.0 Å². The van der Waals surface area contributed by atoms with Gasteiger partial charge in [-0.1, -0.05) is 35.3 Å². The molecule has 0 spiro atoms. The molecule has 30 heavy (non-hydrogen) atoms. The molecule has 2 aromatic rings. The Morgan fingerprint density at radius 3 is 2.10 bits per heavy atom. The van der Waals surface area contributed by atoms with Gasteiger partial charge in [0, 0.05) is 32.7 Å². The van der Waals surface area contributed by atoms with E-state index in [0.29, 0.717) is 5.56 Å². The number of halogens is 2. The average molecular weight is 494 g/mol. The topological polar surface area (TPSA) is 104 Å². The van der Waals surface area contributed by atoms with Crippen LogP contribution >= 0.6 is 23.2 Å². The van der Waals surface area contributed by atoms with E-state index in [2.05, 4.69) is 5.32 Å². The van der Waals surface area contributed by atoms with Crippen LogP contribution in [0.5, 0.6) is 0 Å².